The van der Waals surface area contributed by atoms with Crippen LogP contribution >= 0.6 is 11.6 Å². The second kappa shape index (κ2) is 4.62. The summed E-state index contributed by atoms with van der Waals surface area (Å²) in [6.07, 6.45) is -0.320. The van der Waals surface area contributed by atoms with Gasteiger partial charge in [0.1, 0.15) is 11.9 Å². The van der Waals surface area contributed by atoms with E-state index >= 15 is 0 Å². The molecule has 0 spiro atoms. The van der Waals surface area contributed by atoms with Gasteiger partial charge in [-0.15, -0.1) is 0 Å². The zero-order chi connectivity index (χ0) is 11.7. The Balaban J connectivity index is 2.33. The van der Waals surface area contributed by atoms with Gasteiger partial charge in [-0.3, -0.25) is 0 Å². The molecule has 0 N–H and O–H groups in total. The van der Waals surface area contributed by atoms with Gasteiger partial charge in [0, 0.05) is 5.56 Å². The van der Waals surface area contributed by atoms with Crippen LogP contribution in [0.1, 0.15) is 25.5 Å². The van der Waals surface area contributed by atoms with Crippen LogP contribution in [-0.4, -0.2) is 19.5 Å². The number of methoxy groups -OCH3 is 1. The van der Waals surface area contributed by atoms with Gasteiger partial charge in [0.2, 0.25) is 0 Å². The predicted octanol–water partition coefficient (Wildman–Crippen LogP) is 3.17. The van der Waals surface area contributed by atoms with E-state index < -0.39 is 0 Å². The van der Waals surface area contributed by atoms with E-state index in [2.05, 4.69) is 0 Å². The second-order valence-electron chi connectivity index (χ2n) is 3.83. The van der Waals surface area contributed by atoms with Crippen molar-refractivity contribution in [3.63, 3.8) is 0 Å². The van der Waals surface area contributed by atoms with Crippen molar-refractivity contribution in [1.82, 2.24) is 0 Å². The molecule has 1 saturated heterocycles. The molecule has 3 nitrogen and oxygen atoms in total. The molecule has 0 unspecified atom stereocenters. The molecule has 4 heteroatoms. The van der Waals surface area contributed by atoms with Crippen LogP contribution in [0, 0.1) is 0 Å². The van der Waals surface area contributed by atoms with Gasteiger partial charge in [0.25, 0.3) is 0 Å². The summed E-state index contributed by atoms with van der Waals surface area (Å²) in [5.74, 6) is 0.662. The van der Waals surface area contributed by atoms with Crippen LogP contribution in [-0.2, 0) is 9.47 Å². The van der Waals surface area contributed by atoms with Crippen molar-refractivity contribution in [2.75, 3.05) is 7.11 Å². The first-order chi connectivity index (χ1) is 7.63. The third kappa shape index (κ3) is 2.03. The molecule has 1 aliphatic rings. The van der Waals surface area contributed by atoms with Crippen molar-refractivity contribution in [1.29, 1.82) is 0 Å². The Morgan fingerprint density at radius 2 is 2.00 bits per heavy atom. The molecule has 88 valence electrons. The highest BCUT2D eigenvalue weighted by Crippen LogP contribution is 2.39. The molecular weight excluding hydrogens is 228 g/mol. The smallest absolute Gasteiger partial charge is 0.156 e. The molecule has 16 heavy (non-hydrogen) atoms. The van der Waals surface area contributed by atoms with E-state index in [1.807, 2.05) is 32.0 Å². The van der Waals surface area contributed by atoms with Crippen LogP contribution in [0.4, 0.5) is 0 Å². The molecule has 1 aromatic rings. The van der Waals surface area contributed by atoms with Gasteiger partial charge in [0.15, 0.2) is 6.29 Å². The first-order valence-corrected chi connectivity index (χ1v) is 5.64. The second-order valence-corrected chi connectivity index (χ2v) is 4.21. The zero-order valence-electron chi connectivity index (χ0n) is 9.57. The quantitative estimate of drug-likeness (QED) is 0.797. The van der Waals surface area contributed by atoms with Gasteiger partial charge in [0.05, 0.1) is 18.2 Å². The zero-order valence-corrected chi connectivity index (χ0v) is 10.3. The minimum absolute atomic E-state index is 0.000365. The molecule has 1 heterocycles. The summed E-state index contributed by atoms with van der Waals surface area (Å²) in [5.41, 5.74) is 0.915. The summed E-state index contributed by atoms with van der Waals surface area (Å²) in [5, 5.41) is 0.597. The minimum Gasteiger partial charge on any atom is -0.495 e. The highest BCUT2D eigenvalue weighted by molar-refractivity contribution is 6.32. The average Bonchev–Trinajstić information content (AvgIpc) is 2.58. The molecule has 0 bridgehead atoms. The molecule has 0 aliphatic carbocycles. The van der Waals surface area contributed by atoms with Crippen molar-refractivity contribution < 1.29 is 14.2 Å². The number of hydrogen-bond donors (Lipinski definition) is 0. The maximum Gasteiger partial charge on any atom is 0.156 e. The van der Waals surface area contributed by atoms with Crippen LogP contribution in [0.25, 0.3) is 0 Å². The standard InChI is InChI=1S/C12H15ClO3/c1-7-12(16-8(2)15-7)9-5-4-6-10(14-3)11(9)13/h4-8,12H,1-3H3/t7-,8-,12+/m0/s1. The fourth-order valence-electron chi connectivity index (χ4n) is 1.95. The number of benzene rings is 1. The van der Waals surface area contributed by atoms with Gasteiger partial charge < -0.3 is 14.2 Å². The van der Waals surface area contributed by atoms with E-state index in [1.165, 1.54) is 0 Å². The summed E-state index contributed by atoms with van der Waals surface area (Å²) < 4.78 is 16.4. The SMILES string of the molecule is COc1cccc([C@@H]2O[C@@H](C)O[C@H]2C)c1Cl. The lowest BCUT2D eigenvalue weighted by Crippen LogP contribution is -2.11. The summed E-state index contributed by atoms with van der Waals surface area (Å²) in [6.45, 7) is 3.86. The number of rotatable bonds is 2. The highest BCUT2D eigenvalue weighted by Gasteiger charge is 2.33. The van der Waals surface area contributed by atoms with Crippen molar-refractivity contribution in [2.45, 2.75) is 32.3 Å². The molecule has 0 amide bonds. The maximum absolute atomic E-state index is 6.24. The summed E-state index contributed by atoms with van der Waals surface area (Å²) in [6, 6.07) is 5.67. The summed E-state index contributed by atoms with van der Waals surface area (Å²) in [7, 11) is 1.60. The van der Waals surface area contributed by atoms with Gasteiger partial charge in [-0.25, -0.2) is 0 Å². The lowest BCUT2D eigenvalue weighted by molar-refractivity contribution is -0.0494. The van der Waals surface area contributed by atoms with E-state index in [-0.39, 0.29) is 18.5 Å². The molecule has 0 saturated carbocycles. The molecule has 1 fully saturated rings. The van der Waals surface area contributed by atoms with Crippen molar-refractivity contribution in [3.8, 4) is 5.75 Å². The van der Waals surface area contributed by atoms with Gasteiger partial charge in [-0.05, 0) is 19.9 Å². The third-order valence-corrected chi connectivity index (χ3v) is 3.09. The largest absolute Gasteiger partial charge is 0.495 e. The third-order valence-electron chi connectivity index (χ3n) is 2.69. The molecule has 0 radical (unpaired) electrons. The van der Waals surface area contributed by atoms with E-state index in [4.69, 9.17) is 25.8 Å². The Labute approximate surface area is 100 Å². The fraction of sp³-hybridized carbons (Fsp3) is 0.500. The van der Waals surface area contributed by atoms with Crippen molar-refractivity contribution in [3.05, 3.63) is 28.8 Å². The van der Waals surface area contributed by atoms with E-state index in [0.29, 0.717) is 10.8 Å². The fourth-order valence-corrected chi connectivity index (χ4v) is 2.26. The number of halogens is 1. The van der Waals surface area contributed by atoms with E-state index in [0.717, 1.165) is 5.56 Å². The Bertz CT molecular complexity index is 381. The lowest BCUT2D eigenvalue weighted by Gasteiger charge is -2.16. The topological polar surface area (TPSA) is 27.7 Å². The van der Waals surface area contributed by atoms with Crippen molar-refractivity contribution in [2.24, 2.45) is 0 Å². The predicted molar refractivity (Wildman–Crippen MR) is 61.8 cm³/mol. The Kier molecular flexibility index (Phi) is 3.38. The van der Waals surface area contributed by atoms with Gasteiger partial charge in [-0.2, -0.15) is 0 Å². The normalized spacial score (nSPS) is 29.4. The first-order valence-electron chi connectivity index (χ1n) is 5.26. The number of ether oxygens (including phenoxy) is 3. The summed E-state index contributed by atoms with van der Waals surface area (Å²) in [4.78, 5) is 0. The monoisotopic (exact) mass is 242 g/mol. The summed E-state index contributed by atoms with van der Waals surface area (Å²) >= 11 is 6.24. The molecule has 1 aliphatic heterocycles. The maximum atomic E-state index is 6.24. The van der Waals surface area contributed by atoms with E-state index in [1.54, 1.807) is 7.11 Å². The van der Waals surface area contributed by atoms with Crippen LogP contribution in [0.5, 0.6) is 5.75 Å². The van der Waals surface area contributed by atoms with E-state index in [9.17, 15) is 0 Å². The lowest BCUT2D eigenvalue weighted by atomic mass is 10.1. The van der Waals surface area contributed by atoms with Crippen LogP contribution in [0.3, 0.4) is 0 Å². The minimum atomic E-state index is -0.192. The van der Waals surface area contributed by atoms with Crippen LogP contribution < -0.4 is 4.74 Å². The Hall–Kier alpha value is -0.770. The van der Waals surface area contributed by atoms with Gasteiger partial charge >= 0.3 is 0 Å². The van der Waals surface area contributed by atoms with Crippen LogP contribution in [0.15, 0.2) is 18.2 Å². The van der Waals surface area contributed by atoms with Gasteiger partial charge in [-0.1, -0.05) is 23.7 Å². The van der Waals surface area contributed by atoms with Crippen LogP contribution in [0.2, 0.25) is 5.02 Å². The molecule has 0 aromatic heterocycles. The Morgan fingerprint density at radius 3 is 2.56 bits per heavy atom. The highest BCUT2D eigenvalue weighted by atomic mass is 35.5. The molecule has 3 atom stereocenters. The number of hydrogen-bond acceptors (Lipinski definition) is 3. The average molecular weight is 243 g/mol. The van der Waals surface area contributed by atoms with Crippen molar-refractivity contribution >= 4 is 11.6 Å². The molecule has 2 rings (SSSR count). The first kappa shape index (κ1) is 11.7. The molecular formula is C12H15ClO3. The molecule has 1 aromatic carbocycles. The Morgan fingerprint density at radius 1 is 1.25 bits per heavy atom.